The number of amides is 1. The second-order valence-electron chi connectivity index (χ2n) is 4.49. The van der Waals surface area contributed by atoms with E-state index in [2.05, 4.69) is 26.6 Å². The number of nitrogens with zero attached hydrogens (tertiary/aromatic N) is 1. The minimum atomic E-state index is -0.00352. The molecule has 94 valence electrons. The Kier molecular flexibility index (Phi) is 4.23. The van der Waals surface area contributed by atoms with Crippen LogP contribution in [0.25, 0.3) is 0 Å². The second-order valence-corrected chi connectivity index (χ2v) is 5.41. The Morgan fingerprint density at radius 1 is 1.71 bits per heavy atom. The van der Waals surface area contributed by atoms with Crippen molar-refractivity contribution >= 4 is 21.8 Å². The number of carbonyl (C=O) groups is 1. The van der Waals surface area contributed by atoms with Gasteiger partial charge in [-0.25, -0.2) is 0 Å². The fourth-order valence-electron chi connectivity index (χ4n) is 2.20. The van der Waals surface area contributed by atoms with Crippen LogP contribution < -0.4 is 10.6 Å². The molecule has 1 atom stereocenters. The SMILES string of the molecule is Cn1cc(Br)cc1C(=O)NCC[C@@H]1CCCN1. The highest BCUT2D eigenvalue weighted by molar-refractivity contribution is 9.10. The van der Waals surface area contributed by atoms with Crippen LogP contribution in [0.5, 0.6) is 0 Å². The van der Waals surface area contributed by atoms with Crippen molar-refractivity contribution < 1.29 is 4.79 Å². The third kappa shape index (κ3) is 3.33. The maximum atomic E-state index is 11.9. The molecule has 2 rings (SSSR count). The Balaban J connectivity index is 1.78. The lowest BCUT2D eigenvalue weighted by Gasteiger charge is -2.10. The van der Waals surface area contributed by atoms with E-state index in [1.54, 1.807) is 0 Å². The zero-order valence-electron chi connectivity index (χ0n) is 10.0. The summed E-state index contributed by atoms with van der Waals surface area (Å²) in [4.78, 5) is 11.9. The molecule has 0 radical (unpaired) electrons. The van der Waals surface area contributed by atoms with Gasteiger partial charge >= 0.3 is 0 Å². The zero-order chi connectivity index (χ0) is 12.3. The monoisotopic (exact) mass is 299 g/mol. The summed E-state index contributed by atoms with van der Waals surface area (Å²) in [5.41, 5.74) is 0.691. The number of aromatic nitrogens is 1. The molecule has 0 bridgehead atoms. The van der Waals surface area contributed by atoms with Crippen molar-refractivity contribution in [2.75, 3.05) is 13.1 Å². The first-order valence-electron chi connectivity index (χ1n) is 6.00. The first-order chi connectivity index (χ1) is 8.16. The van der Waals surface area contributed by atoms with Gasteiger partial charge in [0.1, 0.15) is 5.69 Å². The molecule has 0 unspecified atom stereocenters. The van der Waals surface area contributed by atoms with Gasteiger partial charge in [0, 0.05) is 30.3 Å². The first-order valence-corrected chi connectivity index (χ1v) is 6.79. The second kappa shape index (κ2) is 5.69. The van der Waals surface area contributed by atoms with E-state index in [1.807, 2.05) is 23.9 Å². The van der Waals surface area contributed by atoms with Gasteiger partial charge in [-0.3, -0.25) is 4.79 Å². The van der Waals surface area contributed by atoms with Crippen LogP contribution in [0.1, 0.15) is 29.8 Å². The Morgan fingerprint density at radius 2 is 2.53 bits per heavy atom. The number of hydrogen-bond acceptors (Lipinski definition) is 2. The predicted octanol–water partition coefficient (Wildman–Crippen LogP) is 1.66. The van der Waals surface area contributed by atoms with Crippen LogP contribution >= 0.6 is 15.9 Å². The average molecular weight is 300 g/mol. The molecular weight excluding hydrogens is 282 g/mol. The van der Waals surface area contributed by atoms with Crippen LogP contribution in [0, 0.1) is 0 Å². The Bertz CT molecular complexity index is 396. The van der Waals surface area contributed by atoms with Gasteiger partial charge in [0.15, 0.2) is 0 Å². The maximum absolute atomic E-state index is 11.9. The summed E-state index contributed by atoms with van der Waals surface area (Å²) in [5, 5.41) is 6.38. The molecule has 0 spiro atoms. The summed E-state index contributed by atoms with van der Waals surface area (Å²) in [6, 6.07) is 2.42. The number of aryl methyl sites for hydroxylation is 1. The van der Waals surface area contributed by atoms with E-state index >= 15 is 0 Å². The molecule has 4 nitrogen and oxygen atoms in total. The minimum Gasteiger partial charge on any atom is -0.351 e. The Labute approximate surface area is 110 Å². The van der Waals surface area contributed by atoms with E-state index in [0.29, 0.717) is 11.7 Å². The van der Waals surface area contributed by atoms with Gasteiger partial charge in [-0.1, -0.05) is 0 Å². The molecule has 1 fully saturated rings. The molecule has 1 amide bonds. The summed E-state index contributed by atoms with van der Waals surface area (Å²) in [5.74, 6) is -0.00352. The molecule has 1 aliphatic rings. The molecule has 1 saturated heterocycles. The van der Waals surface area contributed by atoms with E-state index < -0.39 is 0 Å². The lowest BCUT2D eigenvalue weighted by atomic mass is 10.1. The van der Waals surface area contributed by atoms with Crippen LogP contribution in [0.15, 0.2) is 16.7 Å². The van der Waals surface area contributed by atoms with Crippen LogP contribution in [0.3, 0.4) is 0 Å². The van der Waals surface area contributed by atoms with Crippen molar-refractivity contribution in [3.05, 3.63) is 22.4 Å². The van der Waals surface area contributed by atoms with Crippen molar-refractivity contribution in [2.24, 2.45) is 7.05 Å². The molecule has 0 aromatic carbocycles. The molecular formula is C12H18BrN3O. The van der Waals surface area contributed by atoms with Crippen molar-refractivity contribution in [1.82, 2.24) is 15.2 Å². The molecule has 0 saturated carbocycles. The fraction of sp³-hybridized carbons (Fsp3) is 0.583. The number of rotatable bonds is 4. The van der Waals surface area contributed by atoms with Crippen LogP contribution in [0.2, 0.25) is 0 Å². The quantitative estimate of drug-likeness (QED) is 0.888. The molecule has 2 heterocycles. The summed E-state index contributed by atoms with van der Waals surface area (Å²) >= 11 is 3.36. The molecule has 1 aromatic rings. The van der Waals surface area contributed by atoms with E-state index in [9.17, 15) is 4.79 Å². The highest BCUT2D eigenvalue weighted by atomic mass is 79.9. The zero-order valence-corrected chi connectivity index (χ0v) is 11.6. The lowest BCUT2D eigenvalue weighted by Crippen LogP contribution is -2.31. The fourth-order valence-corrected chi connectivity index (χ4v) is 2.73. The first kappa shape index (κ1) is 12.6. The number of hydrogen-bond donors (Lipinski definition) is 2. The van der Waals surface area contributed by atoms with E-state index in [0.717, 1.165) is 24.0 Å². The van der Waals surface area contributed by atoms with Gasteiger partial charge in [-0.2, -0.15) is 0 Å². The van der Waals surface area contributed by atoms with E-state index in [1.165, 1.54) is 12.8 Å². The standard InChI is InChI=1S/C12H18BrN3O/c1-16-8-9(13)7-11(16)12(17)15-6-4-10-3-2-5-14-10/h7-8,10,14H,2-6H2,1H3,(H,15,17)/t10-/m0/s1. The van der Waals surface area contributed by atoms with Gasteiger partial charge in [0.25, 0.3) is 5.91 Å². The summed E-state index contributed by atoms with van der Waals surface area (Å²) in [6.07, 6.45) is 5.37. The smallest absolute Gasteiger partial charge is 0.267 e. The molecule has 17 heavy (non-hydrogen) atoms. The van der Waals surface area contributed by atoms with Gasteiger partial charge in [-0.05, 0) is 47.8 Å². The molecule has 1 aromatic heterocycles. The number of nitrogens with one attached hydrogen (secondary N) is 2. The molecule has 1 aliphatic heterocycles. The maximum Gasteiger partial charge on any atom is 0.267 e. The topological polar surface area (TPSA) is 46.1 Å². The van der Waals surface area contributed by atoms with Crippen molar-refractivity contribution in [2.45, 2.75) is 25.3 Å². The number of halogens is 1. The average Bonchev–Trinajstić information content (AvgIpc) is 2.88. The van der Waals surface area contributed by atoms with Gasteiger partial charge < -0.3 is 15.2 Å². The van der Waals surface area contributed by atoms with Crippen molar-refractivity contribution in [3.63, 3.8) is 0 Å². The lowest BCUT2D eigenvalue weighted by molar-refractivity contribution is 0.0944. The molecule has 5 heteroatoms. The predicted molar refractivity (Wildman–Crippen MR) is 71.1 cm³/mol. The minimum absolute atomic E-state index is 0.00352. The van der Waals surface area contributed by atoms with E-state index in [-0.39, 0.29) is 5.91 Å². The molecule has 0 aliphatic carbocycles. The largest absolute Gasteiger partial charge is 0.351 e. The van der Waals surface area contributed by atoms with Crippen molar-refractivity contribution in [1.29, 1.82) is 0 Å². The van der Waals surface area contributed by atoms with Gasteiger partial charge in [-0.15, -0.1) is 0 Å². The van der Waals surface area contributed by atoms with Gasteiger partial charge in [0.2, 0.25) is 0 Å². The van der Waals surface area contributed by atoms with Crippen LogP contribution in [0.4, 0.5) is 0 Å². The van der Waals surface area contributed by atoms with Crippen molar-refractivity contribution in [3.8, 4) is 0 Å². The number of carbonyl (C=O) groups excluding carboxylic acids is 1. The van der Waals surface area contributed by atoms with Crippen LogP contribution in [-0.2, 0) is 7.05 Å². The van der Waals surface area contributed by atoms with Gasteiger partial charge in [0.05, 0.1) is 0 Å². The highest BCUT2D eigenvalue weighted by Crippen LogP contribution is 2.13. The normalized spacial score (nSPS) is 19.5. The summed E-state index contributed by atoms with van der Waals surface area (Å²) < 4.78 is 2.76. The third-order valence-corrected chi connectivity index (χ3v) is 3.58. The van der Waals surface area contributed by atoms with Crippen LogP contribution in [-0.4, -0.2) is 29.6 Å². The highest BCUT2D eigenvalue weighted by Gasteiger charge is 2.15. The Morgan fingerprint density at radius 3 is 3.12 bits per heavy atom. The Hall–Kier alpha value is -0.810. The summed E-state index contributed by atoms with van der Waals surface area (Å²) in [7, 11) is 1.87. The summed E-state index contributed by atoms with van der Waals surface area (Å²) in [6.45, 7) is 1.85. The third-order valence-electron chi connectivity index (χ3n) is 3.14. The van der Waals surface area contributed by atoms with E-state index in [4.69, 9.17) is 0 Å². The molecule has 2 N–H and O–H groups in total.